The normalized spacial score (nSPS) is 27.0. The number of hydrogen-bond acceptors (Lipinski definition) is 5. The van der Waals surface area contributed by atoms with Crippen LogP contribution in [-0.2, 0) is 16.2 Å². The van der Waals surface area contributed by atoms with Crippen LogP contribution < -0.4 is 4.72 Å². The zero-order valence-corrected chi connectivity index (χ0v) is 17.6. The molecular weight excluding hydrogens is 374 g/mol. The summed E-state index contributed by atoms with van der Waals surface area (Å²) in [5, 5.41) is 10.4. The van der Waals surface area contributed by atoms with Crippen LogP contribution in [0.25, 0.3) is 0 Å². The van der Waals surface area contributed by atoms with E-state index in [9.17, 15) is 14.5 Å². The lowest BCUT2D eigenvalue weighted by molar-refractivity contribution is -0.138. The van der Waals surface area contributed by atoms with Gasteiger partial charge in [0.15, 0.2) is 8.97 Å². The zero-order chi connectivity index (χ0) is 18.6. The van der Waals surface area contributed by atoms with Crippen molar-refractivity contribution in [1.29, 1.82) is 0 Å². The zero-order valence-electron chi connectivity index (χ0n) is 15.2. The quantitative estimate of drug-likeness (QED) is 0.640. The first-order valence-electron chi connectivity index (χ1n) is 8.63. The summed E-state index contributed by atoms with van der Waals surface area (Å²) in [5.74, 6) is 0.0949. The van der Waals surface area contributed by atoms with E-state index in [4.69, 9.17) is 0 Å². The molecule has 0 aliphatic carbocycles. The van der Waals surface area contributed by atoms with Gasteiger partial charge in [0.1, 0.15) is 0 Å². The summed E-state index contributed by atoms with van der Waals surface area (Å²) < 4.78 is 15.0. The largest absolute Gasteiger partial charge is 0.593 e. The predicted octanol–water partition coefficient (Wildman–Crippen LogP) is 4.06. The van der Waals surface area contributed by atoms with Gasteiger partial charge in [-0.1, -0.05) is 44.9 Å². The topological polar surface area (TPSA) is 72.4 Å². The fourth-order valence-electron chi connectivity index (χ4n) is 2.79. The first-order chi connectivity index (χ1) is 11.8. The molecule has 7 heteroatoms. The van der Waals surface area contributed by atoms with Crippen molar-refractivity contribution in [3.8, 4) is 0 Å². The summed E-state index contributed by atoms with van der Waals surface area (Å²) in [6.45, 7) is 8.16. The Morgan fingerprint density at radius 2 is 2.08 bits per heavy atom. The van der Waals surface area contributed by atoms with Crippen LogP contribution in [0.2, 0.25) is 0 Å². The molecule has 0 aromatic heterocycles. The number of nitrogens with one attached hydrogen (secondary N) is 1. The monoisotopic (exact) mass is 401 g/mol. The van der Waals surface area contributed by atoms with Crippen LogP contribution in [0.15, 0.2) is 29.2 Å². The van der Waals surface area contributed by atoms with E-state index in [0.29, 0.717) is 10.1 Å². The van der Waals surface area contributed by atoms with Gasteiger partial charge in [0.25, 0.3) is 0 Å². The smallest absolute Gasteiger partial charge is 0.331 e. The number of carboxylic acids is 1. The van der Waals surface area contributed by atoms with E-state index in [1.807, 2.05) is 45.0 Å². The minimum atomic E-state index is -1.44. The summed E-state index contributed by atoms with van der Waals surface area (Å²) in [7, 11) is 0. The fraction of sp³-hybridized carbons (Fsp3) is 0.611. The van der Waals surface area contributed by atoms with Gasteiger partial charge >= 0.3 is 5.97 Å². The molecule has 0 bridgehead atoms. The molecule has 1 aliphatic heterocycles. The molecule has 3 unspecified atom stereocenters. The maximum Gasteiger partial charge on any atom is 0.331 e. The molecule has 0 radical (unpaired) electrons. The highest BCUT2D eigenvalue weighted by Gasteiger charge is 2.55. The predicted molar refractivity (Wildman–Crippen MR) is 108 cm³/mol. The van der Waals surface area contributed by atoms with Gasteiger partial charge in [0, 0.05) is 11.0 Å². The molecule has 0 saturated carbocycles. The molecule has 1 aromatic carbocycles. The Balaban J connectivity index is 2.28. The maximum absolute atomic E-state index is 12.8. The third-order valence-corrected chi connectivity index (χ3v) is 9.73. The lowest BCUT2D eigenvalue weighted by Crippen LogP contribution is -2.55. The van der Waals surface area contributed by atoms with Gasteiger partial charge in [-0.15, -0.1) is 28.2 Å². The fourth-order valence-corrected chi connectivity index (χ4v) is 7.92. The minimum absolute atomic E-state index is 0.0982. The molecule has 1 aliphatic rings. The second-order valence-electron chi connectivity index (χ2n) is 6.49. The van der Waals surface area contributed by atoms with Gasteiger partial charge in [-0.3, -0.25) is 0 Å². The van der Waals surface area contributed by atoms with E-state index in [1.165, 1.54) is 23.5 Å². The lowest BCUT2D eigenvalue weighted by Gasteiger charge is -2.36. The van der Waals surface area contributed by atoms with Gasteiger partial charge < -0.3 is 9.66 Å². The third kappa shape index (κ3) is 4.69. The highest BCUT2D eigenvalue weighted by molar-refractivity contribution is 8.22. The van der Waals surface area contributed by atoms with E-state index in [-0.39, 0.29) is 12.0 Å². The molecule has 0 spiro atoms. The Kier molecular flexibility index (Phi) is 7.58. The SMILES string of the molecule is CCC1CS[C@@](C(=O)O)(C(N[S@@+]([O-])c2ccc(C)cc2)C(C)CC)S1. The molecule has 140 valence electrons. The molecule has 1 aromatic rings. The second-order valence-corrected chi connectivity index (χ2v) is 10.8. The Hall–Kier alpha value is -0.340. The van der Waals surface area contributed by atoms with Crippen LogP contribution in [0.4, 0.5) is 0 Å². The molecular formula is C18H27NO3S3. The van der Waals surface area contributed by atoms with E-state index in [0.717, 1.165) is 24.2 Å². The van der Waals surface area contributed by atoms with Crippen molar-refractivity contribution >= 4 is 40.9 Å². The van der Waals surface area contributed by atoms with Gasteiger partial charge in [-0.2, -0.15) is 0 Å². The van der Waals surface area contributed by atoms with E-state index in [2.05, 4.69) is 11.6 Å². The average Bonchev–Trinajstić information content (AvgIpc) is 3.05. The minimum Gasteiger partial charge on any atom is -0.593 e. The van der Waals surface area contributed by atoms with Crippen LogP contribution in [0.1, 0.15) is 39.2 Å². The lowest BCUT2D eigenvalue weighted by atomic mass is 9.96. The van der Waals surface area contributed by atoms with Crippen molar-refractivity contribution in [1.82, 2.24) is 4.72 Å². The Labute approximate surface area is 162 Å². The first kappa shape index (κ1) is 21.0. The molecule has 1 fully saturated rings. The summed E-state index contributed by atoms with van der Waals surface area (Å²) in [4.78, 5) is 12.9. The summed E-state index contributed by atoms with van der Waals surface area (Å²) in [5.41, 5.74) is 1.11. The number of aliphatic carboxylic acids is 1. The number of rotatable bonds is 8. The third-order valence-electron chi connectivity index (χ3n) is 4.67. The molecule has 25 heavy (non-hydrogen) atoms. The number of hydrogen-bond donors (Lipinski definition) is 2. The highest BCUT2D eigenvalue weighted by Crippen LogP contribution is 2.53. The Morgan fingerprint density at radius 1 is 1.44 bits per heavy atom. The van der Waals surface area contributed by atoms with Crippen molar-refractivity contribution in [3.63, 3.8) is 0 Å². The van der Waals surface area contributed by atoms with E-state index >= 15 is 0 Å². The number of benzene rings is 1. The van der Waals surface area contributed by atoms with Gasteiger partial charge in [-0.05, 0) is 31.4 Å². The summed E-state index contributed by atoms with van der Waals surface area (Å²) >= 11 is 1.58. The Morgan fingerprint density at radius 3 is 2.56 bits per heavy atom. The average molecular weight is 402 g/mol. The molecule has 1 saturated heterocycles. The molecule has 2 N–H and O–H groups in total. The number of aryl methyl sites for hydroxylation is 1. The second kappa shape index (κ2) is 9.04. The summed E-state index contributed by atoms with van der Waals surface area (Å²) in [6.07, 6.45) is 1.77. The number of carbonyl (C=O) groups is 1. The standard InChI is InChI=1S/C18H27NO3S3/c1-5-13(4)16(18(17(20)21)23-11-14(6-2)24-18)19-25(22)15-9-7-12(3)8-10-15/h7-10,13-14,16,19H,5-6,11H2,1-4H3,(H,20,21)/t13?,14?,16?,18-,25-/m0/s1. The molecule has 0 amide bonds. The van der Waals surface area contributed by atoms with Gasteiger partial charge in [0.05, 0.1) is 17.4 Å². The van der Waals surface area contributed by atoms with Crippen molar-refractivity contribution < 1.29 is 14.5 Å². The van der Waals surface area contributed by atoms with Crippen LogP contribution in [0, 0.1) is 12.8 Å². The number of thioether (sulfide) groups is 2. The van der Waals surface area contributed by atoms with Crippen molar-refractivity contribution in [2.75, 3.05) is 5.75 Å². The molecule has 1 heterocycles. The first-order valence-corrected chi connectivity index (χ1v) is 11.6. The van der Waals surface area contributed by atoms with E-state index in [1.54, 1.807) is 0 Å². The van der Waals surface area contributed by atoms with Gasteiger partial charge in [0.2, 0.25) is 0 Å². The maximum atomic E-state index is 12.8. The van der Waals surface area contributed by atoms with Crippen molar-refractivity contribution in [2.45, 2.75) is 60.8 Å². The molecule has 5 atom stereocenters. The summed E-state index contributed by atoms with van der Waals surface area (Å²) in [6, 6.07) is 7.15. The van der Waals surface area contributed by atoms with Crippen LogP contribution in [0.5, 0.6) is 0 Å². The van der Waals surface area contributed by atoms with Crippen LogP contribution in [-0.4, -0.2) is 36.8 Å². The number of carboxylic acid groups (broad SMARTS) is 1. The Bertz CT molecular complexity index is 583. The van der Waals surface area contributed by atoms with Crippen LogP contribution in [0.3, 0.4) is 0 Å². The molecule has 2 rings (SSSR count). The van der Waals surface area contributed by atoms with Gasteiger partial charge in [-0.25, -0.2) is 4.79 Å². The molecule has 4 nitrogen and oxygen atoms in total. The van der Waals surface area contributed by atoms with E-state index < -0.39 is 21.4 Å². The van der Waals surface area contributed by atoms with Crippen molar-refractivity contribution in [3.05, 3.63) is 29.8 Å². The highest BCUT2D eigenvalue weighted by atomic mass is 32.2. The van der Waals surface area contributed by atoms with Crippen molar-refractivity contribution in [2.24, 2.45) is 5.92 Å². The van der Waals surface area contributed by atoms with Crippen LogP contribution >= 0.6 is 23.5 Å².